The molecule has 1 aromatic rings. The molecule has 0 heterocycles. The summed E-state index contributed by atoms with van der Waals surface area (Å²) in [5.41, 5.74) is 1.04. The smallest absolute Gasteiger partial charge is 0.137 e. The Hall–Kier alpha value is -1.15. The number of hydrogen-bond donors (Lipinski definition) is 1. The second-order valence-electron chi connectivity index (χ2n) is 3.91. The molecule has 1 aromatic carbocycles. The van der Waals surface area contributed by atoms with Crippen molar-refractivity contribution in [2.75, 3.05) is 19.0 Å². The van der Waals surface area contributed by atoms with Crippen LogP contribution in [0, 0.1) is 0 Å². The topological polar surface area (TPSA) is 21.3 Å². The van der Waals surface area contributed by atoms with Crippen LogP contribution >= 0.6 is 11.6 Å². The minimum Gasteiger partial charge on any atom is -0.495 e. The van der Waals surface area contributed by atoms with Crippen molar-refractivity contribution in [3.05, 3.63) is 35.9 Å². The fourth-order valence-electron chi connectivity index (χ4n) is 1.60. The van der Waals surface area contributed by atoms with Gasteiger partial charge in [0.1, 0.15) is 5.75 Å². The van der Waals surface area contributed by atoms with Crippen molar-refractivity contribution in [1.29, 1.82) is 0 Å². The zero-order chi connectivity index (χ0) is 12.5. The van der Waals surface area contributed by atoms with Gasteiger partial charge in [0.15, 0.2) is 0 Å². The van der Waals surface area contributed by atoms with E-state index in [9.17, 15) is 0 Å². The van der Waals surface area contributed by atoms with Gasteiger partial charge in [-0.15, -0.1) is 6.58 Å². The first-order chi connectivity index (χ1) is 8.27. The van der Waals surface area contributed by atoms with E-state index in [-0.39, 0.29) is 0 Å². The molecule has 0 aliphatic heterocycles. The van der Waals surface area contributed by atoms with Crippen LogP contribution in [0.1, 0.15) is 25.7 Å². The van der Waals surface area contributed by atoms with E-state index in [2.05, 4.69) is 11.9 Å². The highest BCUT2D eigenvalue weighted by Crippen LogP contribution is 2.27. The van der Waals surface area contributed by atoms with Crippen molar-refractivity contribution < 1.29 is 4.74 Å². The Morgan fingerprint density at radius 2 is 2.18 bits per heavy atom. The normalized spacial score (nSPS) is 10.0. The predicted molar refractivity (Wildman–Crippen MR) is 75.2 cm³/mol. The Morgan fingerprint density at radius 1 is 1.35 bits per heavy atom. The van der Waals surface area contributed by atoms with Crippen LogP contribution in [-0.2, 0) is 0 Å². The van der Waals surface area contributed by atoms with Crippen LogP contribution in [0.5, 0.6) is 5.75 Å². The Kier molecular flexibility index (Phi) is 6.56. The van der Waals surface area contributed by atoms with Gasteiger partial charge in [-0.05, 0) is 37.5 Å². The van der Waals surface area contributed by atoms with Gasteiger partial charge in [-0.1, -0.05) is 24.1 Å². The third kappa shape index (κ3) is 5.14. The van der Waals surface area contributed by atoms with Crippen LogP contribution < -0.4 is 10.1 Å². The molecule has 0 saturated heterocycles. The van der Waals surface area contributed by atoms with Crippen molar-refractivity contribution in [2.24, 2.45) is 0 Å². The third-order valence-corrected chi connectivity index (χ3v) is 2.86. The molecule has 0 saturated carbocycles. The van der Waals surface area contributed by atoms with E-state index >= 15 is 0 Å². The van der Waals surface area contributed by atoms with E-state index in [4.69, 9.17) is 16.3 Å². The highest BCUT2D eigenvalue weighted by atomic mass is 35.5. The predicted octanol–water partition coefficient (Wildman–Crippen LogP) is 4.51. The van der Waals surface area contributed by atoms with Gasteiger partial charge in [0.25, 0.3) is 0 Å². The molecule has 0 atom stereocenters. The van der Waals surface area contributed by atoms with Crippen LogP contribution in [-0.4, -0.2) is 13.7 Å². The number of hydrogen-bond acceptors (Lipinski definition) is 2. The Bertz CT molecular complexity index is 352. The molecule has 0 amide bonds. The van der Waals surface area contributed by atoms with Gasteiger partial charge in [-0.25, -0.2) is 0 Å². The number of benzene rings is 1. The third-order valence-electron chi connectivity index (χ3n) is 2.57. The number of ether oxygens (including phenoxy) is 1. The van der Waals surface area contributed by atoms with Crippen LogP contribution in [0.3, 0.4) is 0 Å². The lowest BCUT2D eigenvalue weighted by molar-refractivity contribution is 0.415. The van der Waals surface area contributed by atoms with Gasteiger partial charge in [0.05, 0.1) is 12.1 Å². The summed E-state index contributed by atoms with van der Waals surface area (Å²) in [6.45, 7) is 4.68. The molecule has 0 fully saturated rings. The van der Waals surface area contributed by atoms with Crippen molar-refractivity contribution in [3.8, 4) is 5.75 Å². The fourth-order valence-corrected chi connectivity index (χ4v) is 1.86. The summed E-state index contributed by atoms with van der Waals surface area (Å²) < 4.78 is 5.10. The first-order valence-electron chi connectivity index (χ1n) is 5.96. The van der Waals surface area contributed by atoms with E-state index in [0.717, 1.165) is 25.1 Å². The number of unbranched alkanes of at least 4 members (excludes halogenated alkanes) is 3. The van der Waals surface area contributed by atoms with Crippen LogP contribution in [0.15, 0.2) is 30.9 Å². The highest BCUT2D eigenvalue weighted by molar-refractivity contribution is 6.32. The standard InChI is InChI=1S/C14H20ClNO/c1-3-4-5-6-7-10-16-12-8-9-14(17-2)13(15)11-12/h3,8-9,11,16H,1,4-7,10H2,2H3. The van der Waals surface area contributed by atoms with E-state index in [0.29, 0.717) is 10.8 Å². The lowest BCUT2D eigenvalue weighted by atomic mass is 10.2. The van der Waals surface area contributed by atoms with Gasteiger partial charge in [0, 0.05) is 12.2 Å². The number of allylic oxidation sites excluding steroid dienone is 1. The second kappa shape index (κ2) is 8.02. The second-order valence-corrected chi connectivity index (χ2v) is 4.32. The molecular weight excluding hydrogens is 234 g/mol. The maximum Gasteiger partial charge on any atom is 0.137 e. The average molecular weight is 254 g/mol. The molecule has 0 aliphatic carbocycles. The number of methoxy groups -OCH3 is 1. The summed E-state index contributed by atoms with van der Waals surface area (Å²) in [6, 6.07) is 5.75. The van der Waals surface area contributed by atoms with Crippen molar-refractivity contribution in [2.45, 2.75) is 25.7 Å². The molecule has 0 aliphatic rings. The average Bonchev–Trinajstić information content (AvgIpc) is 2.34. The lowest BCUT2D eigenvalue weighted by Crippen LogP contribution is -2.01. The minimum atomic E-state index is 0.643. The fraction of sp³-hybridized carbons (Fsp3) is 0.429. The zero-order valence-electron chi connectivity index (χ0n) is 10.3. The molecule has 3 heteroatoms. The largest absolute Gasteiger partial charge is 0.495 e. The molecule has 1 rings (SSSR count). The van der Waals surface area contributed by atoms with Crippen molar-refractivity contribution >= 4 is 17.3 Å². The number of halogens is 1. The van der Waals surface area contributed by atoms with Gasteiger partial charge in [0.2, 0.25) is 0 Å². The number of anilines is 1. The molecular formula is C14H20ClNO. The SMILES string of the molecule is C=CCCCCCNc1ccc(OC)c(Cl)c1. The summed E-state index contributed by atoms with van der Waals surface area (Å²) >= 11 is 6.03. The molecule has 2 nitrogen and oxygen atoms in total. The summed E-state index contributed by atoms with van der Waals surface area (Å²) in [6.07, 6.45) is 6.68. The summed E-state index contributed by atoms with van der Waals surface area (Å²) in [7, 11) is 1.62. The Balaban J connectivity index is 2.27. The maximum absolute atomic E-state index is 6.03. The van der Waals surface area contributed by atoms with Crippen LogP contribution in [0.4, 0.5) is 5.69 Å². The van der Waals surface area contributed by atoms with E-state index in [1.165, 1.54) is 12.8 Å². The van der Waals surface area contributed by atoms with E-state index in [1.54, 1.807) is 7.11 Å². The summed E-state index contributed by atoms with van der Waals surface area (Å²) in [4.78, 5) is 0. The Morgan fingerprint density at radius 3 is 2.82 bits per heavy atom. The van der Waals surface area contributed by atoms with Gasteiger partial charge in [-0.2, -0.15) is 0 Å². The lowest BCUT2D eigenvalue weighted by Gasteiger charge is -2.08. The number of rotatable bonds is 8. The van der Waals surface area contributed by atoms with Crippen LogP contribution in [0.2, 0.25) is 5.02 Å². The van der Waals surface area contributed by atoms with Gasteiger partial charge < -0.3 is 10.1 Å². The molecule has 1 N–H and O–H groups in total. The highest BCUT2D eigenvalue weighted by Gasteiger charge is 2.00. The van der Waals surface area contributed by atoms with Gasteiger partial charge >= 0.3 is 0 Å². The van der Waals surface area contributed by atoms with E-state index in [1.807, 2.05) is 24.3 Å². The first-order valence-corrected chi connectivity index (χ1v) is 6.34. The van der Waals surface area contributed by atoms with Gasteiger partial charge in [-0.3, -0.25) is 0 Å². The maximum atomic E-state index is 6.03. The molecule has 0 aromatic heterocycles. The quantitative estimate of drug-likeness (QED) is 0.544. The molecule has 0 radical (unpaired) electrons. The van der Waals surface area contributed by atoms with Crippen LogP contribution in [0.25, 0.3) is 0 Å². The van der Waals surface area contributed by atoms with E-state index < -0.39 is 0 Å². The molecule has 0 unspecified atom stereocenters. The zero-order valence-corrected chi connectivity index (χ0v) is 11.1. The molecule has 0 bridgehead atoms. The van der Waals surface area contributed by atoms with Crippen molar-refractivity contribution in [3.63, 3.8) is 0 Å². The number of nitrogens with one attached hydrogen (secondary N) is 1. The monoisotopic (exact) mass is 253 g/mol. The Labute approximate surface area is 109 Å². The molecule has 0 spiro atoms. The summed E-state index contributed by atoms with van der Waals surface area (Å²) in [5.74, 6) is 0.711. The van der Waals surface area contributed by atoms with Crippen molar-refractivity contribution in [1.82, 2.24) is 0 Å². The summed E-state index contributed by atoms with van der Waals surface area (Å²) in [5, 5.41) is 3.99. The minimum absolute atomic E-state index is 0.643. The molecule has 17 heavy (non-hydrogen) atoms. The molecule has 94 valence electrons. The first kappa shape index (κ1) is 13.9.